The zero-order valence-corrected chi connectivity index (χ0v) is 7.39. The first kappa shape index (κ1) is 8.87. The molecule has 1 aliphatic rings. The van der Waals surface area contributed by atoms with Crippen molar-refractivity contribution in [1.29, 1.82) is 0 Å². The van der Waals surface area contributed by atoms with Crippen molar-refractivity contribution in [2.24, 2.45) is 5.73 Å². The molecule has 3 nitrogen and oxygen atoms in total. The number of thiol groups is 1. The fraction of sp³-hybridized carbons (Fsp3) is 0.857. The molecule has 0 aromatic rings. The smallest absolute Gasteiger partial charge is 0.231 e. The lowest BCUT2D eigenvalue weighted by molar-refractivity contribution is -0.117. The molecule has 1 unspecified atom stereocenters. The maximum atomic E-state index is 10.6. The topological polar surface area (TPSA) is 46.3 Å². The third kappa shape index (κ3) is 2.71. The van der Waals surface area contributed by atoms with Crippen molar-refractivity contribution in [3.8, 4) is 0 Å². The molecule has 4 heteroatoms. The van der Waals surface area contributed by atoms with Crippen LogP contribution in [0.15, 0.2) is 0 Å². The van der Waals surface area contributed by atoms with Gasteiger partial charge in [-0.25, -0.2) is 0 Å². The zero-order valence-electron chi connectivity index (χ0n) is 6.49. The predicted octanol–water partition coefficient (Wildman–Crippen LogP) is -0.134. The Morgan fingerprint density at radius 2 is 2.09 bits per heavy atom. The van der Waals surface area contributed by atoms with Crippen LogP contribution in [0.2, 0.25) is 0 Å². The van der Waals surface area contributed by atoms with Gasteiger partial charge in [-0.2, -0.15) is 12.6 Å². The summed E-state index contributed by atoms with van der Waals surface area (Å²) in [7, 11) is 0. The molecule has 0 radical (unpaired) electrons. The van der Waals surface area contributed by atoms with Gasteiger partial charge in [0.15, 0.2) is 0 Å². The highest BCUT2D eigenvalue weighted by Gasteiger charge is 2.17. The van der Waals surface area contributed by atoms with Gasteiger partial charge in [0.25, 0.3) is 0 Å². The summed E-state index contributed by atoms with van der Waals surface area (Å²) in [5.74, 6) is -0.319. The third-order valence-corrected chi connectivity index (χ3v) is 2.38. The van der Waals surface area contributed by atoms with E-state index in [1.807, 2.05) is 0 Å². The molecule has 1 amide bonds. The van der Waals surface area contributed by atoms with E-state index in [0.717, 1.165) is 13.1 Å². The van der Waals surface area contributed by atoms with Gasteiger partial charge in [0, 0.05) is 6.54 Å². The quantitative estimate of drug-likeness (QED) is 0.585. The largest absolute Gasteiger partial charge is 0.369 e. The van der Waals surface area contributed by atoms with Crippen LogP contribution < -0.4 is 5.73 Å². The summed E-state index contributed by atoms with van der Waals surface area (Å²) in [6.07, 6.45) is 2.47. The lowest BCUT2D eigenvalue weighted by Gasteiger charge is -2.16. The van der Waals surface area contributed by atoms with E-state index in [4.69, 9.17) is 5.73 Å². The van der Waals surface area contributed by atoms with Gasteiger partial charge in [0.05, 0.1) is 5.25 Å². The number of carbonyl (C=O) groups excluding carboxylic acids is 1. The molecule has 1 fully saturated rings. The number of hydrogen-bond donors (Lipinski definition) is 2. The van der Waals surface area contributed by atoms with Crippen molar-refractivity contribution in [3.63, 3.8) is 0 Å². The van der Waals surface area contributed by atoms with Crippen molar-refractivity contribution in [3.05, 3.63) is 0 Å². The highest BCUT2D eigenvalue weighted by molar-refractivity contribution is 7.81. The maximum Gasteiger partial charge on any atom is 0.231 e. The van der Waals surface area contributed by atoms with Crippen molar-refractivity contribution in [2.75, 3.05) is 19.6 Å². The summed E-state index contributed by atoms with van der Waals surface area (Å²) in [5.41, 5.74) is 5.07. The molecule has 0 aromatic heterocycles. The van der Waals surface area contributed by atoms with Crippen LogP contribution in [0.3, 0.4) is 0 Å². The number of amides is 1. The monoisotopic (exact) mass is 174 g/mol. The number of primary amides is 1. The summed E-state index contributed by atoms with van der Waals surface area (Å²) in [5, 5.41) is -0.298. The third-order valence-electron chi connectivity index (χ3n) is 1.96. The number of carbonyl (C=O) groups is 1. The van der Waals surface area contributed by atoms with Gasteiger partial charge >= 0.3 is 0 Å². The Labute approximate surface area is 72.3 Å². The van der Waals surface area contributed by atoms with Crippen LogP contribution in [-0.2, 0) is 4.79 Å². The normalized spacial score (nSPS) is 21.9. The summed E-state index contributed by atoms with van der Waals surface area (Å²) < 4.78 is 0. The van der Waals surface area contributed by atoms with Crippen LogP contribution in [-0.4, -0.2) is 35.7 Å². The molecule has 0 saturated carbocycles. The SMILES string of the molecule is NC(=O)C(S)CN1CCCC1. The second-order valence-corrected chi connectivity index (χ2v) is 3.55. The van der Waals surface area contributed by atoms with Crippen LogP contribution in [0.5, 0.6) is 0 Å². The highest BCUT2D eigenvalue weighted by Crippen LogP contribution is 2.09. The van der Waals surface area contributed by atoms with Gasteiger partial charge in [0.2, 0.25) is 5.91 Å². The minimum absolute atomic E-state index is 0.298. The molecular formula is C7H14N2OS. The Kier molecular flexibility index (Phi) is 3.20. The number of nitrogens with zero attached hydrogens (tertiary/aromatic N) is 1. The van der Waals surface area contributed by atoms with Gasteiger partial charge in [-0.15, -0.1) is 0 Å². The Balaban J connectivity index is 2.23. The molecule has 1 aliphatic heterocycles. The number of rotatable bonds is 3. The van der Waals surface area contributed by atoms with Crippen LogP contribution in [0.4, 0.5) is 0 Å². The Morgan fingerprint density at radius 3 is 2.55 bits per heavy atom. The second-order valence-electron chi connectivity index (χ2n) is 2.93. The molecule has 1 rings (SSSR count). The molecule has 11 heavy (non-hydrogen) atoms. The lowest BCUT2D eigenvalue weighted by Crippen LogP contribution is -2.35. The second kappa shape index (κ2) is 3.97. The highest BCUT2D eigenvalue weighted by atomic mass is 32.1. The van der Waals surface area contributed by atoms with Crippen LogP contribution in [0.25, 0.3) is 0 Å². The molecule has 0 bridgehead atoms. The van der Waals surface area contributed by atoms with Crippen molar-refractivity contribution < 1.29 is 4.79 Å². The van der Waals surface area contributed by atoms with Crippen molar-refractivity contribution >= 4 is 18.5 Å². The fourth-order valence-electron chi connectivity index (χ4n) is 1.30. The first-order valence-electron chi connectivity index (χ1n) is 3.90. The molecule has 1 heterocycles. The first-order chi connectivity index (χ1) is 5.20. The lowest BCUT2D eigenvalue weighted by atomic mass is 10.4. The van der Waals surface area contributed by atoms with Crippen molar-refractivity contribution in [2.45, 2.75) is 18.1 Å². The number of nitrogens with two attached hydrogens (primary N) is 1. The van der Waals surface area contributed by atoms with Gasteiger partial charge < -0.3 is 10.6 Å². The Hall–Kier alpha value is -0.220. The van der Waals surface area contributed by atoms with E-state index < -0.39 is 0 Å². The average Bonchev–Trinajstić information content (AvgIpc) is 2.39. The maximum absolute atomic E-state index is 10.6. The van der Waals surface area contributed by atoms with E-state index >= 15 is 0 Å². The molecule has 0 spiro atoms. The molecule has 64 valence electrons. The zero-order chi connectivity index (χ0) is 8.27. The Bertz CT molecular complexity index is 145. The fourth-order valence-corrected chi connectivity index (χ4v) is 1.53. The minimum Gasteiger partial charge on any atom is -0.369 e. The molecule has 0 aliphatic carbocycles. The van der Waals surface area contributed by atoms with Gasteiger partial charge in [0.1, 0.15) is 0 Å². The van der Waals surface area contributed by atoms with Gasteiger partial charge in [-0.05, 0) is 25.9 Å². The molecular weight excluding hydrogens is 160 g/mol. The van der Waals surface area contributed by atoms with E-state index in [2.05, 4.69) is 17.5 Å². The van der Waals surface area contributed by atoms with E-state index in [9.17, 15) is 4.79 Å². The first-order valence-corrected chi connectivity index (χ1v) is 4.41. The number of likely N-dealkylation sites (tertiary alicyclic amines) is 1. The van der Waals surface area contributed by atoms with Gasteiger partial charge in [-0.3, -0.25) is 4.79 Å². The minimum atomic E-state index is -0.319. The predicted molar refractivity (Wildman–Crippen MR) is 47.6 cm³/mol. The summed E-state index contributed by atoms with van der Waals surface area (Å²) in [6.45, 7) is 2.88. The number of hydrogen-bond acceptors (Lipinski definition) is 3. The van der Waals surface area contributed by atoms with Crippen LogP contribution >= 0.6 is 12.6 Å². The summed E-state index contributed by atoms with van der Waals surface area (Å²) >= 11 is 4.08. The van der Waals surface area contributed by atoms with E-state index in [0.29, 0.717) is 6.54 Å². The Morgan fingerprint density at radius 1 is 1.55 bits per heavy atom. The van der Waals surface area contributed by atoms with Crippen LogP contribution in [0, 0.1) is 0 Å². The molecule has 2 N–H and O–H groups in total. The standard InChI is InChI=1S/C7H14N2OS/c8-7(10)6(11)5-9-3-1-2-4-9/h6,11H,1-5H2,(H2,8,10). The summed E-state index contributed by atoms with van der Waals surface area (Å²) in [4.78, 5) is 12.8. The van der Waals surface area contributed by atoms with Crippen LogP contribution in [0.1, 0.15) is 12.8 Å². The van der Waals surface area contributed by atoms with E-state index in [1.165, 1.54) is 12.8 Å². The van der Waals surface area contributed by atoms with E-state index in [-0.39, 0.29) is 11.2 Å². The van der Waals surface area contributed by atoms with Crippen molar-refractivity contribution in [1.82, 2.24) is 4.90 Å². The van der Waals surface area contributed by atoms with Gasteiger partial charge in [-0.1, -0.05) is 0 Å². The van der Waals surface area contributed by atoms with E-state index in [1.54, 1.807) is 0 Å². The average molecular weight is 174 g/mol. The molecule has 0 aromatic carbocycles. The summed E-state index contributed by atoms with van der Waals surface area (Å²) in [6, 6.07) is 0. The molecule has 1 atom stereocenters. The molecule has 1 saturated heterocycles.